The van der Waals surface area contributed by atoms with Gasteiger partial charge in [-0.1, -0.05) is 60.5 Å². The van der Waals surface area contributed by atoms with Gasteiger partial charge in [-0.25, -0.2) is 8.42 Å². The van der Waals surface area contributed by atoms with Crippen LogP contribution in [0.2, 0.25) is 10.0 Å². The van der Waals surface area contributed by atoms with Crippen molar-refractivity contribution in [3.63, 3.8) is 0 Å². The van der Waals surface area contributed by atoms with Crippen molar-refractivity contribution in [3.8, 4) is 5.75 Å². The summed E-state index contributed by atoms with van der Waals surface area (Å²) >= 11 is 12.8. The third-order valence-corrected chi connectivity index (χ3v) is 8.72. The summed E-state index contributed by atoms with van der Waals surface area (Å²) in [5.41, 5.74) is 1.41. The van der Waals surface area contributed by atoms with Crippen molar-refractivity contribution in [1.29, 1.82) is 0 Å². The summed E-state index contributed by atoms with van der Waals surface area (Å²) in [4.78, 5) is 28.2. The summed E-state index contributed by atoms with van der Waals surface area (Å²) in [5, 5.41) is 3.22. The minimum absolute atomic E-state index is 0.000371. The van der Waals surface area contributed by atoms with E-state index in [0.717, 1.165) is 9.87 Å². The number of anilines is 1. The van der Waals surface area contributed by atoms with Crippen molar-refractivity contribution in [2.45, 2.75) is 37.8 Å². The maximum atomic E-state index is 14.1. The number of likely N-dealkylation sites (N-methyl/N-ethyl adjacent to an activating group) is 1. The van der Waals surface area contributed by atoms with E-state index in [1.54, 1.807) is 61.5 Å². The quantitative estimate of drug-likeness (QED) is 0.336. The number of nitrogens with zero attached hydrogens (tertiary/aromatic N) is 2. The Balaban J connectivity index is 2.16. The fourth-order valence-electron chi connectivity index (χ4n) is 4.17. The van der Waals surface area contributed by atoms with Crippen molar-refractivity contribution in [2.75, 3.05) is 25.0 Å². The first-order chi connectivity index (χ1) is 18.5. The molecule has 0 aromatic heterocycles. The zero-order chi connectivity index (χ0) is 28.7. The summed E-state index contributed by atoms with van der Waals surface area (Å²) in [7, 11) is -1.33. The molecule has 8 nitrogen and oxygen atoms in total. The highest BCUT2D eigenvalue weighted by molar-refractivity contribution is 7.92. The van der Waals surface area contributed by atoms with Crippen LogP contribution in [0.1, 0.15) is 24.5 Å². The normalized spacial score (nSPS) is 11.9. The Labute approximate surface area is 239 Å². The minimum atomic E-state index is -4.23. The van der Waals surface area contributed by atoms with Crippen molar-refractivity contribution in [1.82, 2.24) is 10.2 Å². The molecule has 0 aliphatic carbocycles. The van der Waals surface area contributed by atoms with Gasteiger partial charge in [0, 0.05) is 29.2 Å². The number of carbonyl (C=O) groups is 2. The largest absolute Gasteiger partial charge is 0.495 e. The van der Waals surface area contributed by atoms with Gasteiger partial charge in [0.05, 0.1) is 17.7 Å². The Kier molecular flexibility index (Phi) is 10.2. The number of benzene rings is 3. The molecule has 0 heterocycles. The highest BCUT2D eigenvalue weighted by atomic mass is 35.5. The second-order valence-corrected chi connectivity index (χ2v) is 11.4. The monoisotopic (exact) mass is 591 g/mol. The Morgan fingerprint density at radius 3 is 2.21 bits per heavy atom. The smallest absolute Gasteiger partial charge is 0.264 e. The number of nitrogens with one attached hydrogen (secondary N) is 1. The van der Waals surface area contributed by atoms with E-state index in [1.165, 1.54) is 31.2 Å². The number of ether oxygens (including phenoxy) is 1. The van der Waals surface area contributed by atoms with Gasteiger partial charge in [0.1, 0.15) is 18.3 Å². The standard InChI is InChI=1S/C28H31Cl2N3O5S/c1-5-24(28(35)31-3)32(17-21-22(29)12-9-13-23(21)30)27(34)18-33(25-16-19(2)14-15-26(25)38-4)39(36,37)20-10-7-6-8-11-20/h6-16,24H,5,17-18H2,1-4H3,(H,31,35)/t24-/m0/s1. The van der Waals surface area contributed by atoms with Crippen LogP contribution in [0.25, 0.3) is 0 Å². The SMILES string of the molecule is CC[C@@H](C(=O)NC)N(Cc1c(Cl)cccc1Cl)C(=O)CN(c1cc(C)ccc1OC)S(=O)(=O)c1ccccc1. The first kappa shape index (κ1) is 30.3. The second kappa shape index (κ2) is 13.2. The van der Waals surface area contributed by atoms with E-state index in [4.69, 9.17) is 27.9 Å². The van der Waals surface area contributed by atoms with Gasteiger partial charge in [-0.2, -0.15) is 0 Å². The van der Waals surface area contributed by atoms with Gasteiger partial charge in [-0.15, -0.1) is 0 Å². The average Bonchev–Trinajstić information content (AvgIpc) is 2.93. The zero-order valence-electron chi connectivity index (χ0n) is 22.1. The molecule has 0 saturated carbocycles. The van der Waals surface area contributed by atoms with Gasteiger partial charge < -0.3 is 15.0 Å². The first-order valence-corrected chi connectivity index (χ1v) is 14.4. The summed E-state index contributed by atoms with van der Waals surface area (Å²) in [6.07, 6.45) is 0.271. The number of hydrogen-bond acceptors (Lipinski definition) is 5. The summed E-state index contributed by atoms with van der Waals surface area (Å²) in [6, 6.07) is 16.9. The number of carbonyl (C=O) groups excluding carboxylic acids is 2. The van der Waals surface area contributed by atoms with Crippen LogP contribution in [0.4, 0.5) is 5.69 Å². The van der Waals surface area contributed by atoms with E-state index in [1.807, 2.05) is 6.92 Å². The lowest BCUT2D eigenvalue weighted by Crippen LogP contribution is -2.51. The lowest BCUT2D eigenvalue weighted by molar-refractivity contribution is -0.140. The third kappa shape index (κ3) is 6.84. The number of amides is 2. The number of halogens is 2. The first-order valence-electron chi connectivity index (χ1n) is 12.2. The summed E-state index contributed by atoms with van der Waals surface area (Å²) < 4.78 is 34.4. The fraction of sp³-hybridized carbons (Fsp3) is 0.286. The molecule has 3 aromatic carbocycles. The zero-order valence-corrected chi connectivity index (χ0v) is 24.5. The Bertz CT molecular complexity index is 1410. The maximum Gasteiger partial charge on any atom is 0.264 e. The predicted molar refractivity (Wildman–Crippen MR) is 154 cm³/mol. The third-order valence-electron chi connectivity index (χ3n) is 6.24. The number of methoxy groups -OCH3 is 1. The van der Waals surface area contributed by atoms with Gasteiger partial charge in [0.2, 0.25) is 11.8 Å². The molecule has 0 radical (unpaired) electrons. The molecule has 0 unspecified atom stereocenters. The van der Waals surface area contributed by atoms with Crippen molar-refractivity contribution < 1.29 is 22.7 Å². The second-order valence-electron chi connectivity index (χ2n) is 8.76. The van der Waals surface area contributed by atoms with Crippen LogP contribution in [0.15, 0.2) is 71.6 Å². The van der Waals surface area contributed by atoms with Gasteiger partial charge in [-0.05, 0) is 55.3 Å². The van der Waals surface area contributed by atoms with Crippen molar-refractivity contribution in [3.05, 3.63) is 87.9 Å². The molecule has 0 aliphatic heterocycles. The highest BCUT2D eigenvalue weighted by Gasteiger charge is 2.35. The topological polar surface area (TPSA) is 96.0 Å². The molecule has 208 valence electrons. The van der Waals surface area contributed by atoms with E-state index >= 15 is 0 Å². The van der Waals surface area contributed by atoms with Crippen LogP contribution < -0.4 is 14.4 Å². The highest BCUT2D eigenvalue weighted by Crippen LogP contribution is 2.34. The number of aryl methyl sites for hydroxylation is 1. The molecule has 0 saturated heterocycles. The molecule has 0 aliphatic rings. The van der Waals surface area contributed by atoms with E-state index in [9.17, 15) is 18.0 Å². The summed E-state index contributed by atoms with van der Waals surface area (Å²) in [6.45, 7) is 2.86. The number of hydrogen-bond donors (Lipinski definition) is 1. The van der Waals surface area contributed by atoms with Gasteiger partial charge in [0.25, 0.3) is 10.0 Å². The van der Waals surface area contributed by atoms with E-state index < -0.39 is 34.4 Å². The molecule has 0 spiro atoms. The van der Waals surface area contributed by atoms with Crippen LogP contribution in [0.3, 0.4) is 0 Å². The Morgan fingerprint density at radius 2 is 1.64 bits per heavy atom. The molecule has 3 rings (SSSR count). The average molecular weight is 593 g/mol. The molecule has 0 bridgehead atoms. The van der Waals surface area contributed by atoms with Crippen molar-refractivity contribution >= 4 is 50.7 Å². The van der Waals surface area contributed by atoms with Crippen LogP contribution in [0.5, 0.6) is 5.75 Å². The lowest BCUT2D eigenvalue weighted by Gasteiger charge is -2.33. The van der Waals surface area contributed by atoms with E-state index in [-0.39, 0.29) is 29.3 Å². The molecule has 1 N–H and O–H groups in total. The molecular weight excluding hydrogens is 561 g/mol. The van der Waals surface area contributed by atoms with Crippen LogP contribution in [-0.4, -0.2) is 51.9 Å². The molecule has 2 amide bonds. The lowest BCUT2D eigenvalue weighted by atomic mass is 10.1. The van der Waals surface area contributed by atoms with Crippen LogP contribution >= 0.6 is 23.2 Å². The van der Waals surface area contributed by atoms with Crippen LogP contribution in [0, 0.1) is 6.92 Å². The number of rotatable bonds is 11. The van der Waals surface area contributed by atoms with Gasteiger partial charge in [-0.3, -0.25) is 13.9 Å². The molecule has 1 atom stereocenters. The minimum Gasteiger partial charge on any atom is -0.495 e. The Morgan fingerprint density at radius 1 is 1.00 bits per heavy atom. The summed E-state index contributed by atoms with van der Waals surface area (Å²) in [5.74, 6) is -0.754. The molecule has 11 heteroatoms. The Hall–Kier alpha value is -3.27. The molecule has 0 fully saturated rings. The maximum absolute atomic E-state index is 14.1. The predicted octanol–water partition coefficient (Wildman–Crippen LogP) is 5.06. The van der Waals surface area contributed by atoms with Gasteiger partial charge >= 0.3 is 0 Å². The molecule has 39 heavy (non-hydrogen) atoms. The van der Waals surface area contributed by atoms with Gasteiger partial charge in [0.15, 0.2) is 0 Å². The number of sulfonamides is 1. The molecular formula is C28H31Cl2N3O5S. The van der Waals surface area contributed by atoms with Crippen molar-refractivity contribution in [2.24, 2.45) is 0 Å². The fourth-order valence-corrected chi connectivity index (χ4v) is 6.12. The van der Waals surface area contributed by atoms with E-state index in [2.05, 4.69) is 5.32 Å². The van der Waals surface area contributed by atoms with Crippen LogP contribution in [-0.2, 0) is 26.2 Å². The van der Waals surface area contributed by atoms with E-state index in [0.29, 0.717) is 15.6 Å². The molecule has 3 aromatic rings.